The molecule has 1 aromatic rings. The molecule has 1 heterocycles. The van der Waals surface area contributed by atoms with E-state index in [4.69, 9.17) is 10.5 Å². The van der Waals surface area contributed by atoms with Gasteiger partial charge in [-0.05, 0) is 32.0 Å². The third kappa shape index (κ3) is 3.59. The Kier molecular flexibility index (Phi) is 4.82. The highest BCUT2D eigenvalue weighted by Gasteiger charge is 2.27. The van der Waals surface area contributed by atoms with E-state index < -0.39 is 10.0 Å². The lowest BCUT2D eigenvalue weighted by molar-refractivity contribution is 0.0912. The molecule has 0 amide bonds. The van der Waals surface area contributed by atoms with E-state index in [-0.39, 0.29) is 18.5 Å². The van der Waals surface area contributed by atoms with Crippen LogP contribution in [0.15, 0.2) is 23.1 Å². The molecule has 112 valence electrons. The van der Waals surface area contributed by atoms with Crippen LogP contribution >= 0.6 is 11.8 Å². The van der Waals surface area contributed by atoms with Gasteiger partial charge in [0.05, 0.1) is 24.2 Å². The SMILES string of the molecule is CC(C)OCCS(=O)(=O)N1CCSc2ccc(N)cc21. The Hall–Kier alpha value is -0.920. The Labute approximate surface area is 124 Å². The molecule has 20 heavy (non-hydrogen) atoms. The second-order valence-electron chi connectivity index (χ2n) is 4.88. The van der Waals surface area contributed by atoms with Crippen molar-refractivity contribution in [1.82, 2.24) is 0 Å². The molecule has 0 bridgehead atoms. The maximum Gasteiger partial charge on any atom is 0.237 e. The number of nitrogens with zero attached hydrogens (tertiary/aromatic N) is 1. The zero-order valence-corrected chi connectivity index (χ0v) is 13.3. The van der Waals surface area contributed by atoms with Gasteiger partial charge in [0, 0.05) is 22.9 Å². The molecule has 1 aliphatic heterocycles. The summed E-state index contributed by atoms with van der Waals surface area (Å²) in [5.74, 6) is 0.741. The normalized spacial score (nSPS) is 15.4. The fourth-order valence-electron chi connectivity index (χ4n) is 2.00. The zero-order chi connectivity index (χ0) is 14.8. The van der Waals surface area contributed by atoms with E-state index in [9.17, 15) is 8.42 Å². The molecule has 7 heteroatoms. The van der Waals surface area contributed by atoms with Crippen molar-refractivity contribution < 1.29 is 13.2 Å². The van der Waals surface area contributed by atoms with E-state index >= 15 is 0 Å². The first kappa shape index (κ1) is 15.5. The minimum atomic E-state index is -3.37. The van der Waals surface area contributed by atoms with Gasteiger partial charge in [0.1, 0.15) is 0 Å². The topological polar surface area (TPSA) is 72.6 Å². The van der Waals surface area contributed by atoms with Gasteiger partial charge in [-0.2, -0.15) is 0 Å². The third-order valence-corrected chi connectivity index (χ3v) is 5.71. The van der Waals surface area contributed by atoms with Gasteiger partial charge >= 0.3 is 0 Å². The molecule has 0 unspecified atom stereocenters. The molecule has 0 aliphatic carbocycles. The number of hydrogen-bond acceptors (Lipinski definition) is 5. The lowest BCUT2D eigenvalue weighted by atomic mass is 10.3. The summed E-state index contributed by atoms with van der Waals surface area (Å²) >= 11 is 1.65. The highest BCUT2D eigenvalue weighted by Crippen LogP contribution is 2.37. The van der Waals surface area contributed by atoms with Gasteiger partial charge in [-0.3, -0.25) is 4.31 Å². The van der Waals surface area contributed by atoms with Gasteiger partial charge < -0.3 is 10.5 Å². The Balaban J connectivity index is 2.19. The molecule has 0 saturated heterocycles. The first-order valence-corrected chi connectivity index (χ1v) is 9.14. The summed E-state index contributed by atoms with van der Waals surface area (Å²) in [4.78, 5) is 0.957. The molecule has 0 spiro atoms. The fraction of sp³-hybridized carbons (Fsp3) is 0.538. The van der Waals surface area contributed by atoms with Crippen LogP contribution in [0.4, 0.5) is 11.4 Å². The predicted octanol–water partition coefficient (Wildman–Crippen LogP) is 1.94. The number of anilines is 2. The van der Waals surface area contributed by atoms with Gasteiger partial charge in [0.2, 0.25) is 10.0 Å². The van der Waals surface area contributed by atoms with Crippen molar-refractivity contribution in [3.05, 3.63) is 18.2 Å². The van der Waals surface area contributed by atoms with Crippen molar-refractivity contribution in [3.63, 3.8) is 0 Å². The molecule has 1 aliphatic rings. The summed E-state index contributed by atoms with van der Waals surface area (Å²) in [5.41, 5.74) is 7.03. The Morgan fingerprint density at radius 1 is 1.45 bits per heavy atom. The quantitative estimate of drug-likeness (QED) is 0.840. The highest BCUT2D eigenvalue weighted by atomic mass is 32.2. The van der Waals surface area contributed by atoms with Crippen LogP contribution in [-0.4, -0.2) is 39.2 Å². The van der Waals surface area contributed by atoms with E-state index in [1.54, 1.807) is 23.9 Å². The molecule has 0 radical (unpaired) electrons. The van der Waals surface area contributed by atoms with Gasteiger partial charge in [0.15, 0.2) is 0 Å². The highest BCUT2D eigenvalue weighted by molar-refractivity contribution is 8.00. The Bertz CT molecular complexity index is 573. The molecule has 0 aromatic heterocycles. The Morgan fingerprint density at radius 3 is 2.90 bits per heavy atom. The van der Waals surface area contributed by atoms with Crippen molar-refractivity contribution >= 4 is 33.2 Å². The first-order valence-electron chi connectivity index (χ1n) is 6.54. The molecule has 1 aromatic carbocycles. The van der Waals surface area contributed by atoms with Crippen molar-refractivity contribution in [2.24, 2.45) is 0 Å². The summed E-state index contributed by atoms with van der Waals surface area (Å²) in [6, 6.07) is 5.40. The molecular weight excluding hydrogens is 296 g/mol. The standard InChI is InChI=1S/C13H20N2O3S2/c1-10(2)18-6-8-20(16,17)15-5-7-19-13-4-3-11(14)9-12(13)15/h3-4,9-10H,5-8,14H2,1-2H3. The van der Waals surface area contributed by atoms with Crippen molar-refractivity contribution in [2.45, 2.75) is 24.8 Å². The number of fused-ring (bicyclic) bond motifs is 1. The van der Waals surface area contributed by atoms with E-state index in [1.807, 2.05) is 19.9 Å². The van der Waals surface area contributed by atoms with Crippen molar-refractivity contribution in [1.29, 1.82) is 0 Å². The summed E-state index contributed by atoms with van der Waals surface area (Å²) in [7, 11) is -3.37. The maximum atomic E-state index is 12.4. The Morgan fingerprint density at radius 2 is 2.20 bits per heavy atom. The van der Waals surface area contributed by atoms with Gasteiger partial charge in [-0.25, -0.2) is 8.42 Å². The lowest BCUT2D eigenvalue weighted by Crippen LogP contribution is -2.38. The summed E-state index contributed by atoms with van der Waals surface area (Å²) < 4.78 is 31.7. The summed E-state index contributed by atoms with van der Waals surface area (Å²) in [6.45, 7) is 4.47. The zero-order valence-electron chi connectivity index (χ0n) is 11.7. The summed E-state index contributed by atoms with van der Waals surface area (Å²) in [5, 5.41) is 0. The number of rotatable bonds is 5. The van der Waals surface area contributed by atoms with Crippen LogP contribution in [0.2, 0.25) is 0 Å². The largest absolute Gasteiger partial charge is 0.399 e. The number of nitrogens with two attached hydrogens (primary N) is 1. The molecule has 0 saturated carbocycles. The van der Waals surface area contributed by atoms with E-state index in [1.165, 1.54) is 4.31 Å². The lowest BCUT2D eigenvalue weighted by Gasteiger charge is -2.30. The minimum absolute atomic E-state index is 0.00984. The third-order valence-electron chi connectivity index (χ3n) is 2.93. The van der Waals surface area contributed by atoms with Gasteiger partial charge in [-0.1, -0.05) is 0 Å². The second kappa shape index (κ2) is 6.24. The predicted molar refractivity (Wildman–Crippen MR) is 83.8 cm³/mol. The van der Waals surface area contributed by atoms with Crippen LogP contribution in [0.5, 0.6) is 0 Å². The van der Waals surface area contributed by atoms with Crippen molar-refractivity contribution in [3.8, 4) is 0 Å². The average molecular weight is 316 g/mol. The second-order valence-corrected chi connectivity index (χ2v) is 8.03. The minimum Gasteiger partial charge on any atom is -0.399 e. The smallest absolute Gasteiger partial charge is 0.237 e. The van der Waals surface area contributed by atoms with Crippen LogP contribution in [0.3, 0.4) is 0 Å². The molecule has 2 N–H and O–H groups in total. The monoisotopic (exact) mass is 316 g/mol. The first-order chi connectivity index (χ1) is 9.40. The van der Waals surface area contributed by atoms with Crippen LogP contribution in [-0.2, 0) is 14.8 Å². The van der Waals surface area contributed by atoms with Crippen molar-refractivity contribution in [2.75, 3.05) is 34.7 Å². The number of nitrogen functional groups attached to an aromatic ring is 1. The van der Waals surface area contributed by atoms with E-state index in [0.717, 1.165) is 10.6 Å². The molecule has 5 nitrogen and oxygen atoms in total. The van der Waals surface area contributed by atoms with Crippen LogP contribution in [0.1, 0.15) is 13.8 Å². The van der Waals surface area contributed by atoms with Gasteiger partial charge in [0.25, 0.3) is 0 Å². The number of ether oxygens (including phenoxy) is 1. The number of thioether (sulfide) groups is 1. The molecule has 0 fully saturated rings. The van der Waals surface area contributed by atoms with Gasteiger partial charge in [-0.15, -0.1) is 11.8 Å². The number of sulfonamides is 1. The molecule has 0 atom stereocenters. The van der Waals surface area contributed by atoms with Crippen LogP contribution < -0.4 is 10.0 Å². The number of benzene rings is 1. The average Bonchev–Trinajstić information content (AvgIpc) is 2.37. The van der Waals surface area contributed by atoms with E-state index in [0.29, 0.717) is 17.9 Å². The molecular formula is C13H20N2O3S2. The fourth-order valence-corrected chi connectivity index (χ4v) is 4.49. The molecule has 2 rings (SSSR count). The van der Waals surface area contributed by atoms with Crippen LogP contribution in [0, 0.1) is 0 Å². The number of hydrogen-bond donors (Lipinski definition) is 1. The summed E-state index contributed by atoms with van der Waals surface area (Å²) in [6.07, 6.45) is 0.0324. The maximum absolute atomic E-state index is 12.4. The van der Waals surface area contributed by atoms with Crippen LogP contribution in [0.25, 0.3) is 0 Å². The van der Waals surface area contributed by atoms with E-state index in [2.05, 4.69) is 0 Å².